The summed E-state index contributed by atoms with van der Waals surface area (Å²) in [5.41, 5.74) is 3.33. The number of unbranched alkanes of at least 4 members (excludes halogenated alkanes) is 1. The smallest absolute Gasteiger partial charge is 0.303 e. The van der Waals surface area contributed by atoms with Crippen LogP contribution in [0.25, 0.3) is 0 Å². The molecule has 0 spiro atoms. The summed E-state index contributed by atoms with van der Waals surface area (Å²) in [6.07, 6.45) is 7.03. The highest BCUT2D eigenvalue weighted by Crippen LogP contribution is 2.39. The zero-order valence-electron chi connectivity index (χ0n) is 17.3. The molecule has 0 bridgehead atoms. The van der Waals surface area contributed by atoms with E-state index >= 15 is 0 Å². The fourth-order valence-electron chi connectivity index (χ4n) is 4.17. The van der Waals surface area contributed by atoms with Crippen LogP contribution in [-0.4, -0.2) is 46.0 Å². The van der Waals surface area contributed by atoms with Crippen molar-refractivity contribution in [3.05, 3.63) is 41.0 Å². The summed E-state index contributed by atoms with van der Waals surface area (Å²) in [7, 11) is 0. The van der Waals surface area contributed by atoms with Gasteiger partial charge in [0.25, 0.3) is 0 Å². The quantitative estimate of drug-likeness (QED) is 0.283. The molecule has 0 radical (unpaired) electrons. The molecule has 1 aliphatic carbocycles. The van der Waals surface area contributed by atoms with Crippen LogP contribution in [0.1, 0.15) is 48.8 Å². The Kier molecular flexibility index (Phi) is 9.47. The lowest BCUT2D eigenvalue weighted by Crippen LogP contribution is -2.27. The fraction of sp³-hybridized carbons (Fsp3) is 0.609. The number of carboxylic acid groups (broad SMARTS) is 1. The van der Waals surface area contributed by atoms with Crippen molar-refractivity contribution < 1.29 is 24.9 Å². The highest BCUT2D eigenvalue weighted by molar-refractivity contribution is 6.21. The van der Waals surface area contributed by atoms with Gasteiger partial charge in [-0.3, -0.25) is 4.79 Å². The monoisotopic (exact) mass is 424 g/mol. The second-order valence-corrected chi connectivity index (χ2v) is 8.52. The minimum atomic E-state index is -0.773. The number of aliphatic hydroxyl groups is 2. The molecule has 3 N–H and O–H groups in total. The van der Waals surface area contributed by atoms with Gasteiger partial charge >= 0.3 is 5.97 Å². The number of carbonyl (C=O) groups is 1. The third kappa shape index (κ3) is 7.02. The average Bonchev–Trinajstić information content (AvgIpc) is 2.92. The molecule has 2 rings (SSSR count). The van der Waals surface area contributed by atoms with Gasteiger partial charge in [0.1, 0.15) is 5.75 Å². The number of rotatable bonds is 11. The molecule has 6 heteroatoms. The van der Waals surface area contributed by atoms with Crippen molar-refractivity contribution in [3.63, 3.8) is 0 Å². The summed E-state index contributed by atoms with van der Waals surface area (Å²) < 4.78 is 6.03. The summed E-state index contributed by atoms with van der Waals surface area (Å²) in [5.74, 6) is 0.0808. The number of hydrogen-bond acceptors (Lipinski definition) is 4. The maximum absolute atomic E-state index is 10.6. The Morgan fingerprint density at radius 1 is 1.24 bits per heavy atom. The molecule has 1 saturated carbocycles. The molecular weight excluding hydrogens is 392 g/mol. The van der Waals surface area contributed by atoms with E-state index in [2.05, 4.69) is 0 Å². The van der Waals surface area contributed by atoms with Crippen LogP contribution in [0.15, 0.2) is 24.3 Å². The van der Waals surface area contributed by atoms with Gasteiger partial charge in [-0.2, -0.15) is 0 Å². The first-order chi connectivity index (χ1) is 13.8. The van der Waals surface area contributed by atoms with E-state index in [9.17, 15) is 15.0 Å². The highest BCUT2D eigenvalue weighted by atomic mass is 35.5. The summed E-state index contributed by atoms with van der Waals surface area (Å²) >= 11 is 6.49. The summed E-state index contributed by atoms with van der Waals surface area (Å²) in [6, 6.07) is 3.96. The lowest BCUT2D eigenvalue weighted by molar-refractivity contribution is -0.137. The molecule has 162 valence electrons. The van der Waals surface area contributed by atoms with E-state index in [-0.39, 0.29) is 30.2 Å². The van der Waals surface area contributed by atoms with Crippen LogP contribution in [-0.2, 0) is 11.2 Å². The Hall–Kier alpha value is -1.56. The molecule has 5 nitrogen and oxygen atoms in total. The molecular formula is C23H33ClO5. The Balaban J connectivity index is 1.93. The number of aliphatic hydroxyl groups excluding tert-OH is 2. The van der Waals surface area contributed by atoms with Gasteiger partial charge in [0, 0.05) is 24.3 Å². The Labute approximate surface area is 178 Å². The molecule has 0 heterocycles. The van der Waals surface area contributed by atoms with Gasteiger partial charge < -0.3 is 20.1 Å². The second-order valence-electron chi connectivity index (χ2n) is 7.96. The molecule has 0 saturated heterocycles. The van der Waals surface area contributed by atoms with Crippen LogP contribution in [0.5, 0.6) is 5.75 Å². The highest BCUT2D eigenvalue weighted by Gasteiger charge is 2.41. The molecule has 1 aromatic rings. The van der Waals surface area contributed by atoms with Gasteiger partial charge in [0.2, 0.25) is 0 Å². The van der Waals surface area contributed by atoms with Crippen molar-refractivity contribution in [2.75, 3.05) is 13.2 Å². The van der Waals surface area contributed by atoms with Crippen LogP contribution < -0.4 is 4.74 Å². The van der Waals surface area contributed by atoms with E-state index < -0.39 is 12.1 Å². The minimum Gasteiger partial charge on any atom is -0.493 e. The predicted octanol–water partition coefficient (Wildman–Crippen LogP) is 4.02. The molecule has 0 aromatic heterocycles. The van der Waals surface area contributed by atoms with Gasteiger partial charge in [0.15, 0.2) is 0 Å². The molecule has 1 aliphatic rings. The van der Waals surface area contributed by atoms with E-state index in [1.54, 1.807) is 0 Å². The predicted molar refractivity (Wildman–Crippen MR) is 115 cm³/mol. The second kappa shape index (κ2) is 11.6. The molecule has 0 unspecified atom stereocenters. The number of carboxylic acids is 1. The number of benzene rings is 1. The number of halogens is 1. The Morgan fingerprint density at radius 2 is 1.93 bits per heavy atom. The number of allylic oxidation sites excluding steroid dienone is 2. The van der Waals surface area contributed by atoms with E-state index in [4.69, 9.17) is 21.4 Å². The maximum atomic E-state index is 10.6. The lowest BCUT2D eigenvalue weighted by atomic mass is 9.92. The fourth-order valence-corrected chi connectivity index (χ4v) is 4.64. The molecule has 4 atom stereocenters. The number of hydrogen-bond donors (Lipinski definition) is 3. The van der Waals surface area contributed by atoms with Gasteiger partial charge in [-0.05, 0) is 80.7 Å². The van der Waals surface area contributed by atoms with Crippen LogP contribution in [0, 0.1) is 25.7 Å². The van der Waals surface area contributed by atoms with Crippen molar-refractivity contribution >= 4 is 17.6 Å². The summed E-state index contributed by atoms with van der Waals surface area (Å²) in [6.45, 7) is 4.56. The van der Waals surface area contributed by atoms with E-state index in [0.29, 0.717) is 25.9 Å². The molecule has 0 aliphatic heterocycles. The van der Waals surface area contributed by atoms with Gasteiger partial charge in [0.05, 0.1) is 12.7 Å². The largest absolute Gasteiger partial charge is 0.493 e. The first-order valence-corrected chi connectivity index (χ1v) is 10.8. The van der Waals surface area contributed by atoms with Gasteiger partial charge in [-0.25, -0.2) is 0 Å². The van der Waals surface area contributed by atoms with Gasteiger partial charge in [-0.1, -0.05) is 12.2 Å². The first-order valence-electron chi connectivity index (χ1n) is 10.4. The maximum Gasteiger partial charge on any atom is 0.303 e. The molecule has 29 heavy (non-hydrogen) atoms. The first kappa shape index (κ1) is 23.7. The van der Waals surface area contributed by atoms with Crippen molar-refractivity contribution in [3.8, 4) is 5.75 Å². The zero-order chi connectivity index (χ0) is 21.4. The van der Waals surface area contributed by atoms with E-state index in [1.165, 1.54) is 0 Å². The Bertz CT molecular complexity index is 680. The van der Waals surface area contributed by atoms with E-state index in [1.807, 2.05) is 38.1 Å². The topological polar surface area (TPSA) is 87.0 Å². The molecule has 1 aromatic carbocycles. The van der Waals surface area contributed by atoms with Crippen LogP contribution >= 0.6 is 11.6 Å². The number of ether oxygens (including phenoxy) is 1. The molecule has 0 amide bonds. The standard InChI is InChI=1S/C23H33ClO5/c1-15-11-17(12-16(2)18(15)9-10-25)29-14-20-19(21(24)13-22(20)26)7-5-3-4-6-8-23(27)28/h3,5,11-12,19-22,25-26H,4,6-10,13-14H2,1-2H3,(H,27,28)/b5-3-/t19-,20-,21+,22-/m1/s1. The number of aliphatic carboxylic acids is 1. The van der Waals surface area contributed by atoms with Gasteiger partial charge in [-0.15, -0.1) is 11.6 Å². The third-order valence-corrected chi connectivity index (χ3v) is 6.29. The normalized spacial score (nSPS) is 24.3. The lowest BCUT2D eigenvalue weighted by Gasteiger charge is -2.23. The minimum absolute atomic E-state index is 0.0427. The number of alkyl halides is 1. The molecule has 1 fully saturated rings. The Morgan fingerprint density at radius 3 is 2.55 bits per heavy atom. The van der Waals surface area contributed by atoms with E-state index in [0.717, 1.165) is 35.3 Å². The SMILES string of the molecule is Cc1cc(OC[C@@H]2[C@@H](C/C=C\CCCC(=O)O)[C@@H](Cl)C[C@H]2O)cc(C)c1CCO. The van der Waals surface area contributed by atoms with Crippen LogP contribution in [0.3, 0.4) is 0 Å². The van der Waals surface area contributed by atoms with Crippen LogP contribution in [0.2, 0.25) is 0 Å². The summed E-state index contributed by atoms with van der Waals surface area (Å²) in [5, 5.41) is 28.2. The zero-order valence-corrected chi connectivity index (χ0v) is 18.1. The van der Waals surface area contributed by atoms with Crippen molar-refractivity contribution in [2.45, 2.75) is 63.9 Å². The van der Waals surface area contributed by atoms with Crippen molar-refractivity contribution in [1.82, 2.24) is 0 Å². The average molecular weight is 425 g/mol. The van der Waals surface area contributed by atoms with Crippen molar-refractivity contribution in [2.24, 2.45) is 11.8 Å². The van der Waals surface area contributed by atoms with Crippen LogP contribution in [0.4, 0.5) is 0 Å². The number of aryl methyl sites for hydroxylation is 2. The third-order valence-electron chi connectivity index (χ3n) is 5.79. The summed E-state index contributed by atoms with van der Waals surface area (Å²) in [4.78, 5) is 10.6. The van der Waals surface area contributed by atoms with Crippen molar-refractivity contribution in [1.29, 1.82) is 0 Å².